The van der Waals surface area contributed by atoms with Gasteiger partial charge in [0, 0.05) is 16.8 Å². The van der Waals surface area contributed by atoms with E-state index >= 15 is 0 Å². The van der Waals surface area contributed by atoms with Crippen molar-refractivity contribution in [2.75, 3.05) is 11.9 Å². The smallest absolute Gasteiger partial charge is 0.238 e. The van der Waals surface area contributed by atoms with Crippen molar-refractivity contribution >= 4 is 23.2 Å². The van der Waals surface area contributed by atoms with Crippen LogP contribution in [0.25, 0.3) is 0 Å². The van der Waals surface area contributed by atoms with Crippen molar-refractivity contribution in [2.45, 2.75) is 13.0 Å². The number of carbonyl (C=O) groups excluding carboxylic acids is 1. The van der Waals surface area contributed by atoms with Gasteiger partial charge in [-0.1, -0.05) is 23.7 Å². The molecule has 2 N–H and O–H groups in total. The first-order chi connectivity index (χ1) is 10.5. The van der Waals surface area contributed by atoms with Crippen LogP contribution in [0.15, 0.2) is 42.5 Å². The SMILES string of the molecule is C[C@@H](NCC(=O)Nc1cccc(Cl)c1)c1ccc(F)c(F)c1. The van der Waals surface area contributed by atoms with Gasteiger partial charge >= 0.3 is 0 Å². The Morgan fingerprint density at radius 1 is 1.18 bits per heavy atom. The molecule has 0 spiro atoms. The van der Waals surface area contributed by atoms with E-state index in [1.54, 1.807) is 31.2 Å². The molecule has 0 radical (unpaired) electrons. The summed E-state index contributed by atoms with van der Waals surface area (Å²) in [5.74, 6) is -2.05. The Bertz CT molecular complexity index is 679. The monoisotopic (exact) mass is 324 g/mol. The summed E-state index contributed by atoms with van der Waals surface area (Å²) in [5.41, 5.74) is 1.16. The predicted molar refractivity (Wildman–Crippen MR) is 82.9 cm³/mol. The Kier molecular flexibility index (Phi) is 5.46. The number of nitrogens with one attached hydrogen (secondary N) is 2. The number of hydrogen-bond acceptors (Lipinski definition) is 2. The van der Waals surface area contributed by atoms with Gasteiger partial charge in [0.15, 0.2) is 11.6 Å². The van der Waals surface area contributed by atoms with Crippen LogP contribution in [0.4, 0.5) is 14.5 Å². The first-order valence-electron chi connectivity index (χ1n) is 6.69. The second-order valence-corrected chi connectivity index (χ2v) is 5.27. The van der Waals surface area contributed by atoms with Gasteiger partial charge in [-0.3, -0.25) is 4.79 Å². The van der Waals surface area contributed by atoms with Gasteiger partial charge in [0.05, 0.1) is 6.54 Å². The summed E-state index contributed by atoms with van der Waals surface area (Å²) >= 11 is 5.83. The molecule has 2 aromatic carbocycles. The minimum Gasteiger partial charge on any atom is -0.325 e. The normalized spacial score (nSPS) is 12.0. The van der Waals surface area contributed by atoms with Crippen molar-refractivity contribution in [1.82, 2.24) is 5.32 Å². The number of carbonyl (C=O) groups is 1. The van der Waals surface area contributed by atoms with Gasteiger partial charge in [-0.05, 0) is 42.8 Å². The van der Waals surface area contributed by atoms with E-state index in [-0.39, 0.29) is 18.5 Å². The van der Waals surface area contributed by atoms with Crippen LogP contribution < -0.4 is 10.6 Å². The van der Waals surface area contributed by atoms with Crippen molar-refractivity contribution in [2.24, 2.45) is 0 Å². The summed E-state index contributed by atoms with van der Waals surface area (Å²) in [4.78, 5) is 11.8. The van der Waals surface area contributed by atoms with Crippen LogP contribution in [0.1, 0.15) is 18.5 Å². The standard InChI is InChI=1S/C16H15ClF2N2O/c1-10(11-5-6-14(18)15(19)7-11)20-9-16(22)21-13-4-2-3-12(17)8-13/h2-8,10,20H,9H2,1H3,(H,21,22)/t10-/m1/s1. The quantitative estimate of drug-likeness (QED) is 0.875. The van der Waals surface area contributed by atoms with E-state index < -0.39 is 11.6 Å². The van der Waals surface area contributed by atoms with Crippen LogP contribution >= 0.6 is 11.6 Å². The summed E-state index contributed by atoms with van der Waals surface area (Å²) in [5, 5.41) is 6.16. The van der Waals surface area contributed by atoms with Crippen molar-refractivity contribution in [3.63, 3.8) is 0 Å². The zero-order valence-corrected chi connectivity index (χ0v) is 12.6. The molecule has 0 aliphatic carbocycles. The third kappa shape index (κ3) is 4.51. The summed E-state index contributed by atoms with van der Waals surface area (Å²) in [6, 6.07) is 10.2. The van der Waals surface area contributed by atoms with Crippen LogP contribution in [-0.2, 0) is 4.79 Å². The van der Waals surface area contributed by atoms with E-state index in [0.717, 1.165) is 12.1 Å². The number of amides is 1. The molecule has 0 saturated carbocycles. The molecule has 1 atom stereocenters. The average Bonchev–Trinajstić information content (AvgIpc) is 2.47. The molecule has 0 bridgehead atoms. The number of benzene rings is 2. The third-order valence-corrected chi connectivity index (χ3v) is 3.36. The van der Waals surface area contributed by atoms with Crippen molar-refractivity contribution in [3.8, 4) is 0 Å². The fraction of sp³-hybridized carbons (Fsp3) is 0.188. The van der Waals surface area contributed by atoms with Crippen LogP contribution in [0.5, 0.6) is 0 Å². The molecule has 0 unspecified atom stereocenters. The predicted octanol–water partition coefficient (Wildman–Crippen LogP) is 3.91. The maximum absolute atomic E-state index is 13.2. The maximum atomic E-state index is 13.2. The lowest BCUT2D eigenvalue weighted by Gasteiger charge is -2.14. The molecule has 0 fully saturated rings. The number of rotatable bonds is 5. The molecule has 116 valence electrons. The molecule has 0 aliphatic heterocycles. The van der Waals surface area contributed by atoms with Gasteiger partial charge in [0.2, 0.25) is 5.91 Å². The highest BCUT2D eigenvalue weighted by molar-refractivity contribution is 6.30. The number of halogens is 3. The molecule has 22 heavy (non-hydrogen) atoms. The highest BCUT2D eigenvalue weighted by Crippen LogP contribution is 2.16. The Balaban J connectivity index is 1.88. The second kappa shape index (κ2) is 7.33. The van der Waals surface area contributed by atoms with Crippen LogP contribution in [0.2, 0.25) is 5.02 Å². The molecule has 2 aromatic rings. The molecular formula is C16H15ClF2N2O. The molecule has 0 saturated heterocycles. The lowest BCUT2D eigenvalue weighted by molar-refractivity contribution is -0.115. The minimum atomic E-state index is -0.908. The average molecular weight is 325 g/mol. The highest BCUT2D eigenvalue weighted by atomic mass is 35.5. The Morgan fingerprint density at radius 3 is 2.64 bits per heavy atom. The first kappa shape index (κ1) is 16.4. The molecule has 0 aromatic heterocycles. The maximum Gasteiger partial charge on any atom is 0.238 e. The highest BCUT2D eigenvalue weighted by Gasteiger charge is 2.10. The van der Waals surface area contributed by atoms with Crippen LogP contribution in [0, 0.1) is 11.6 Å². The molecule has 3 nitrogen and oxygen atoms in total. The third-order valence-electron chi connectivity index (χ3n) is 3.12. The molecular weight excluding hydrogens is 310 g/mol. The summed E-state index contributed by atoms with van der Waals surface area (Å²) in [6.45, 7) is 1.80. The zero-order valence-electron chi connectivity index (χ0n) is 11.9. The zero-order chi connectivity index (χ0) is 16.1. The Labute approximate surface area is 132 Å². The Hall–Kier alpha value is -1.98. The van der Waals surface area contributed by atoms with Crippen molar-refractivity contribution < 1.29 is 13.6 Å². The first-order valence-corrected chi connectivity index (χ1v) is 7.07. The topological polar surface area (TPSA) is 41.1 Å². The molecule has 0 aliphatic rings. The summed E-state index contributed by atoms with van der Waals surface area (Å²) < 4.78 is 26.0. The largest absolute Gasteiger partial charge is 0.325 e. The van der Waals surface area contributed by atoms with Gasteiger partial charge in [-0.15, -0.1) is 0 Å². The van der Waals surface area contributed by atoms with Crippen molar-refractivity contribution in [1.29, 1.82) is 0 Å². The lowest BCUT2D eigenvalue weighted by Crippen LogP contribution is -2.30. The fourth-order valence-corrected chi connectivity index (χ4v) is 2.11. The van der Waals surface area contributed by atoms with Gasteiger partial charge < -0.3 is 10.6 Å². The van der Waals surface area contributed by atoms with E-state index in [1.165, 1.54) is 6.07 Å². The second-order valence-electron chi connectivity index (χ2n) is 4.83. The lowest BCUT2D eigenvalue weighted by atomic mass is 10.1. The van der Waals surface area contributed by atoms with Gasteiger partial charge in [-0.25, -0.2) is 8.78 Å². The van der Waals surface area contributed by atoms with E-state index in [1.807, 2.05) is 0 Å². The molecule has 6 heteroatoms. The number of hydrogen-bond donors (Lipinski definition) is 2. The summed E-state index contributed by atoms with van der Waals surface area (Å²) in [6.07, 6.45) is 0. The molecule has 0 heterocycles. The van der Waals surface area contributed by atoms with E-state index in [2.05, 4.69) is 10.6 Å². The molecule has 1 amide bonds. The van der Waals surface area contributed by atoms with E-state index in [0.29, 0.717) is 16.3 Å². The molecule has 2 rings (SSSR count). The van der Waals surface area contributed by atoms with E-state index in [4.69, 9.17) is 11.6 Å². The minimum absolute atomic E-state index is 0.0344. The van der Waals surface area contributed by atoms with Gasteiger partial charge in [0.1, 0.15) is 0 Å². The van der Waals surface area contributed by atoms with E-state index in [9.17, 15) is 13.6 Å². The number of anilines is 1. The van der Waals surface area contributed by atoms with Gasteiger partial charge in [-0.2, -0.15) is 0 Å². The van der Waals surface area contributed by atoms with Crippen LogP contribution in [0.3, 0.4) is 0 Å². The van der Waals surface area contributed by atoms with Gasteiger partial charge in [0.25, 0.3) is 0 Å². The Morgan fingerprint density at radius 2 is 1.95 bits per heavy atom. The fourth-order valence-electron chi connectivity index (χ4n) is 1.92. The summed E-state index contributed by atoms with van der Waals surface area (Å²) in [7, 11) is 0. The van der Waals surface area contributed by atoms with Crippen molar-refractivity contribution in [3.05, 3.63) is 64.7 Å². The van der Waals surface area contributed by atoms with Crippen LogP contribution in [-0.4, -0.2) is 12.5 Å².